The van der Waals surface area contributed by atoms with Crippen LogP contribution >= 0.6 is 0 Å². The third-order valence-electron chi connectivity index (χ3n) is 5.17. The number of carbonyl (C=O) groups is 1. The molecule has 1 heterocycles. The highest BCUT2D eigenvalue weighted by Gasteiger charge is 2.19. The first-order valence-electron chi connectivity index (χ1n) is 9.41. The second-order valence-electron chi connectivity index (χ2n) is 7.44. The van der Waals surface area contributed by atoms with Gasteiger partial charge in [0.15, 0.2) is 0 Å². The van der Waals surface area contributed by atoms with Crippen molar-refractivity contribution in [3.63, 3.8) is 0 Å². The van der Waals surface area contributed by atoms with Gasteiger partial charge in [-0.2, -0.15) is 0 Å². The topological polar surface area (TPSA) is 35.6 Å². The van der Waals surface area contributed by atoms with Gasteiger partial charge < -0.3 is 10.2 Å². The van der Waals surface area contributed by atoms with Crippen LogP contribution in [0.15, 0.2) is 42.5 Å². The Labute approximate surface area is 156 Å². The molecule has 1 aliphatic heterocycles. The molecule has 0 spiro atoms. The second-order valence-corrected chi connectivity index (χ2v) is 7.44. The molecule has 4 nitrogen and oxygen atoms in total. The van der Waals surface area contributed by atoms with E-state index in [1.807, 2.05) is 31.2 Å². The molecule has 3 rings (SSSR count). The first kappa shape index (κ1) is 18.5. The molecule has 26 heavy (non-hydrogen) atoms. The van der Waals surface area contributed by atoms with Crippen LogP contribution in [-0.2, 0) is 0 Å². The van der Waals surface area contributed by atoms with Crippen LogP contribution in [0.1, 0.15) is 35.3 Å². The molecule has 1 fully saturated rings. The SMILES string of the molecule is Cc1ccc(NC(=O)c2ccc(N3CCN(C(C)C)CC3)cc2)c(C)c1. The zero-order valence-electron chi connectivity index (χ0n) is 16.2. The van der Waals surface area contributed by atoms with Crippen LogP contribution in [0, 0.1) is 13.8 Å². The van der Waals surface area contributed by atoms with E-state index in [0.717, 1.165) is 37.4 Å². The number of benzene rings is 2. The summed E-state index contributed by atoms with van der Waals surface area (Å²) < 4.78 is 0. The Kier molecular flexibility index (Phi) is 5.62. The van der Waals surface area contributed by atoms with E-state index in [9.17, 15) is 4.79 Å². The first-order valence-corrected chi connectivity index (χ1v) is 9.41. The van der Waals surface area contributed by atoms with E-state index >= 15 is 0 Å². The predicted octanol–water partition coefficient (Wildman–Crippen LogP) is 4.09. The Morgan fingerprint density at radius 2 is 1.62 bits per heavy atom. The van der Waals surface area contributed by atoms with E-state index in [-0.39, 0.29) is 5.91 Å². The van der Waals surface area contributed by atoms with Gasteiger partial charge in [-0.1, -0.05) is 17.7 Å². The molecule has 2 aromatic carbocycles. The van der Waals surface area contributed by atoms with Gasteiger partial charge in [0.25, 0.3) is 5.91 Å². The first-order chi connectivity index (χ1) is 12.4. The van der Waals surface area contributed by atoms with Crippen LogP contribution < -0.4 is 10.2 Å². The quantitative estimate of drug-likeness (QED) is 0.901. The van der Waals surface area contributed by atoms with E-state index < -0.39 is 0 Å². The summed E-state index contributed by atoms with van der Waals surface area (Å²) >= 11 is 0. The lowest BCUT2D eigenvalue weighted by Crippen LogP contribution is -2.48. The number of nitrogens with one attached hydrogen (secondary N) is 1. The van der Waals surface area contributed by atoms with Crippen molar-refractivity contribution in [1.29, 1.82) is 0 Å². The van der Waals surface area contributed by atoms with E-state index in [0.29, 0.717) is 11.6 Å². The summed E-state index contributed by atoms with van der Waals surface area (Å²) in [5.74, 6) is -0.0619. The molecular formula is C22H29N3O. The third-order valence-corrected chi connectivity index (χ3v) is 5.17. The highest BCUT2D eigenvalue weighted by atomic mass is 16.1. The van der Waals surface area contributed by atoms with Crippen LogP contribution in [0.5, 0.6) is 0 Å². The minimum Gasteiger partial charge on any atom is -0.369 e. The van der Waals surface area contributed by atoms with Crippen molar-refractivity contribution < 1.29 is 4.79 Å². The van der Waals surface area contributed by atoms with E-state index in [1.54, 1.807) is 0 Å². The van der Waals surface area contributed by atoms with Gasteiger partial charge in [-0.3, -0.25) is 9.69 Å². The number of aryl methyl sites for hydroxylation is 2. The summed E-state index contributed by atoms with van der Waals surface area (Å²) in [7, 11) is 0. The largest absolute Gasteiger partial charge is 0.369 e. The van der Waals surface area contributed by atoms with Crippen molar-refractivity contribution in [2.45, 2.75) is 33.7 Å². The number of carbonyl (C=O) groups excluding carboxylic acids is 1. The number of piperazine rings is 1. The van der Waals surface area contributed by atoms with Crippen LogP contribution in [0.3, 0.4) is 0 Å². The molecule has 1 aliphatic rings. The van der Waals surface area contributed by atoms with Gasteiger partial charge in [0.2, 0.25) is 0 Å². The maximum absolute atomic E-state index is 12.5. The van der Waals surface area contributed by atoms with Crippen LogP contribution in [-0.4, -0.2) is 43.0 Å². The molecule has 2 aromatic rings. The van der Waals surface area contributed by atoms with Gasteiger partial charge in [-0.25, -0.2) is 0 Å². The summed E-state index contributed by atoms with van der Waals surface area (Å²) in [4.78, 5) is 17.4. The monoisotopic (exact) mass is 351 g/mol. The zero-order chi connectivity index (χ0) is 18.7. The number of nitrogens with zero attached hydrogens (tertiary/aromatic N) is 2. The van der Waals surface area contributed by atoms with E-state index in [1.165, 1.54) is 11.3 Å². The molecule has 1 amide bonds. The van der Waals surface area contributed by atoms with Gasteiger partial charge in [0.05, 0.1) is 0 Å². The molecule has 0 atom stereocenters. The molecule has 0 unspecified atom stereocenters. The Morgan fingerprint density at radius 1 is 0.962 bits per heavy atom. The molecule has 4 heteroatoms. The van der Waals surface area contributed by atoms with Gasteiger partial charge >= 0.3 is 0 Å². The van der Waals surface area contributed by atoms with Crippen LogP contribution in [0.4, 0.5) is 11.4 Å². The fourth-order valence-electron chi connectivity index (χ4n) is 3.47. The van der Waals surface area contributed by atoms with Crippen molar-refractivity contribution in [3.05, 3.63) is 59.2 Å². The van der Waals surface area contributed by atoms with Gasteiger partial charge in [-0.15, -0.1) is 0 Å². The third kappa shape index (κ3) is 4.25. The van der Waals surface area contributed by atoms with Crippen LogP contribution in [0.25, 0.3) is 0 Å². The molecule has 0 saturated carbocycles. The van der Waals surface area contributed by atoms with E-state index in [4.69, 9.17) is 0 Å². The summed E-state index contributed by atoms with van der Waals surface area (Å²) in [5, 5.41) is 3.01. The lowest BCUT2D eigenvalue weighted by atomic mass is 10.1. The number of rotatable bonds is 4. The summed E-state index contributed by atoms with van der Waals surface area (Å²) in [6.07, 6.45) is 0. The lowest BCUT2D eigenvalue weighted by molar-refractivity contribution is 0.102. The molecule has 138 valence electrons. The Balaban J connectivity index is 1.63. The fourth-order valence-corrected chi connectivity index (χ4v) is 3.47. The standard InChI is InChI=1S/C22H29N3O/c1-16(2)24-11-13-25(14-12-24)20-8-6-19(7-9-20)22(26)23-21-10-5-17(3)15-18(21)4/h5-10,15-16H,11-14H2,1-4H3,(H,23,26). The minimum atomic E-state index is -0.0619. The van der Waals surface area contributed by atoms with Gasteiger partial charge in [0.1, 0.15) is 0 Å². The smallest absolute Gasteiger partial charge is 0.255 e. The Bertz CT molecular complexity index is 759. The maximum Gasteiger partial charge on any atom is 0.255 e. The summed E-state index contributed by atoms with van der Waals surface area (Å²) in [6.45, 7) is 12.8. The molecule has 1 saturated heterocycles. The number of hydrogen-bond acceptors (Lipinski definition) is 3. The lowest BCUT2D eigenvalue weighted by Gasteiger charge is -2.38. The van der Waals surface area contributed by atoms with Crippen molar-refractivity contribution in [1.82, 2.24) is 4.90 Å². The highest BCUT2D eigenvalue weighted by Crippen LogP contribution is 2.20. The minimum absolute atomic E-state index is 0.0619. The van der Waals surface area contributed by atoms with Gasteiger partial charge in [-0.05, 0) is 63.6 Å². The Hall–Kier alpha value is -2.33. The maximum atomic E-state index is 12.5. The Morgan fingerprint density at radius 3 is 2.19 bits per heavy atom. The normalized spacial score (nSPS) is 15.3. The van der Waals surface area contributed by atoms with E-state index in [2.05, 4.69) is 54.1 Å². The van der Waals surface area contributed by atoms with Crippen molar-refractivity contribution >= 4 is 17.3 Å². The molecule has 1 N–H and O–H groups in total. The molecule has 0 aromatic heterocycles. The molecule has 0 radical (unpaired) electrons. The van der Waals surface area contributed by atoms with Crippen molar-refractivity contribution in [2.75, 3.05) is 36.4 Å². The molecule has 0 bridgehead atoms. The molecular weight excluding hydrogens is 322 g/mol. The highest BCUT2D eigenvalue weighted by molar-refractivity contribution is 6.04. The number of anilines is 2. The number of amides is 1. The predicted molar refractivity (Wildman–Crippen MR) is 109 cm³/mol. The summed E-state index contributed by atoms with van der Waals surface area (Å²) in [5.41, 5.74) is 5.03. The molecule has 0 aliphatic carbocycles. The van der Waals surface area contributed by atoms with Crippen molar-refractivity contribution in [3.8, 4) is 0 Å². The van der Waals surface area contributed by atoms with Gasteiger partial charge in [0, 0.05) is 49.2 Å². The van der Waals surface area contributed by atoms with Crippen molar-refractivity contribution in [2.24, 2.45) is 0 Å². The fraction of sp³-hybridized carbons (Fsp3) is 0.409. The summed E-state index contributed by atoms with van der Waals surface area (Å²) in [6, 6.07) is 14.6. The average Bonchev–Trinajstić information content (AvgIpc) is 2.64. The van der Waals surface area contributed by atoms with Crippen LogP contribution in [0.2, 0.25) is 0 Å². The average molecular weight is 351 g/mol. The second kappa shape index (κ2) is 7.92. The zero-order valence-corrected chi connectivity index (χ0v) is 16.2. The number of hydrogen-bond donors (Lipinski definition) is 1.